The summed E-state index contributed by atoms with van der Waals surface area (Å²) in [4.78, 5) is 0. The SMILES string of the molecule is C[C@]12CC=C3c4ccc(O)cc4CC[C@H]3[C@@H]1CC[C@@]2(O)C#C[Si](C)(C)C. The molecule has 0 saturated heterocycles. The molecule has 3 aliphatic rings. The van der Waals surface area contributed by atoms with E-state index in [0.717, 1.165) is 32.1 Å². The molecule has 2 N–H and O–H groups in total. The maximum absolute atomic E-state index is 11.5. The average molecular weight is 367 g/mol. The molecule has 1 aromatic rings. The zero-order valence-electron chi connectivity index (χ0n) is 16.4. The first-order valence-electron chi connectivity index (χ1n) is 9.92. The van der Waals surface area contributed by atoms with Gasteiger partial charge in [0.25, 0.3) is 0 Å². The number of aliphatic hydroxyl groups is 1. The second kappa shape index (κ2) is 5.75. The molecule has 26 heavy (non-hydrogen) atoms. The molecule has 0 spiro atoms. The Balaban J connectivity index is 1.73. The molecule has 4 rings (SSSR count). The van der Waals surface area contributed by atoms with Crippen LogP contribution >= 0.6 is 0 Å². The van der Waals surface area contributed by atoms with Crippen molar-refractivity contribution in [1.29, 1.82) is 0 Å². The molecular formula is C23H30O2Si. The molecule has 1 fully saturated rings. The molecular weight excluding hydrogens is 336 g/mol. The smallest absolute Gasteiger partial charge is 0.130 e. The monoisotopic (exact) mass is 366 g/mol. The number of allylic oxidation sites excluding steroid dienone is 2. The van der Waals surface area contributed by atoms with E-state index in [0.29, 0.717) is 17.6 Å². The summed E-state index contributed by atoms with van der Waals surface area (Å²) in [6.45, 7) is 8.99. The van der Waals surface area contributed by atoms with Crippen LogP contribution in [0, 0.1) is 28.7 Å². The number of hydrogen-bond donors (Lipinski definition) is 2. The normalized spacial score (nSPS) is 35.5. The number of fused-ring (bicyclic) bond motifs is 5. The van der Waals surface area contributed by atoms with Gasteiger partial charge >= 0.3 is 0 Å². The Bertz CT molecular complexity index is 838. The lowest BCUT2D eigenvalue weighted by molar-refractivity contribution is -0.0300. The molecule has 0 amide bonds. The lowest BCUT2D eigenvalue weighted by Crippen LogP contribution is -2.48. The summed E-state index contributed by atoms with van der Waals surface area (Å²) in [7, 11) is -1.51. The van der Waals surface area contributed by atoms with E-state index in [1.54, 1.807) is 6.07 Å². The quantitative estimate of drug-likeness (QED) is 0.513. The maximum Gasteiger partial charge on any atom is 0.130 e. The van der Waals surface area contributed by atoms with Gasteiger partial charge < -0.3 is 10.2 Å². The van der Waals surface area contributed by atoms with Crippen LogP contribution in [0.15, 0.2) is 24.3 Å². The molecule has 1 aromatic carbocycles. The Morgan fingerprint density at radius 1 is 1.19 bits per heavy atom. The van der Waals surface area contributed by atoms with E-state index in [1.807, 2.05) is 6.07 Å². The highest BCUT2D eigenvalue weighted by molar-refractivity contribution is 6.83. The minimum atomic E-state index is -1.51. The van der Waals surface area contributed by atoms with Crippen LogP contribution in [0.25, 0.3) is 5.57 Å². The molecule has 0 unspecified atom stereocenters. The van der Waals surface area contributed by atoms with Gasteiger partial charge in [0.1, 0.15) is 19.4 Å². The van der Waals surface area contributed by atoms with Gasteiger partial charge in [-0.25, -0.2) is 0 Å². The second-order valence-corrected chi connectivity index (χ2v) is 14.5. The Morgan fingerprint density at radius 3 is 2.69 bits per heavy atom. The third kappa shape index (κ3) is 2.66. The van der Waals surface area contributed by atoms with Gasteiger partial charge in [-0.05, 0) is 72.8 Å². The van der Waals surface area contributed by atoms with Crippen LogP contribution in [0.2, 0.25) is 19.6 Å². The lowest BCUT2D eigenvalue weighted by Gasteiger charge is -2.48. The minimum Gasteiger partial charge on any atom is -0.508 e. The zero-order valence-corrected chi connectivity index (χ0v) is 17.4. The highest BCUT2D eigenvalue weighted by Gasteiger charge is 2.59. The van der Waals surface area contributed by atoms with Crippen LogP contribution in [0.3, 0.4) is 0 Å². The van der Waals surface area contributed by atoms with Gasteiger partial charge in [0.2, 0.25) is 0 Å². The highest BCUT2D eigenvalue weighted by Crippen LogP contribution is 2.62. The van der Waals surface area contributed by atoms with Crippen molar-refractivity contribution in [2.24, 2.45) is 17.3 Å². The van der Waals surface area contributed by atoms with Crippen molar-refractivity contribution in [2.45, 2.75) is 64.3 Å². The van der Waals surface area contributed by atoms with Crippen molar-refractivity contribution >= 4 is 13.6 Å². The first-order chi connectivity index (χ1) is 12.1. The summed E-state index contributed by atoms with van der Waals surface area (Å²) in [5.41, 5.74) is 6.46. The van der Waals surface area contributed by atoms with Gasteiger partial charge in [0.15, 0.2) is 0 Å². The summed E-state index contributed by atoms with van der Waals surface area (Å²) in [6, 6.07) is 5.81. The molecule has 3 aliphatic carbocycles. The van der Waals surface area contributed by atoms with Gasteiger partial charge in [0, 0.05) is 5.41 Å². The van der Waals surface area contributed by atoms with Crippen LogP contribution in [0.1, 0.15) is 43.7 Å². The Morgan fingerprint density at radius 2 is 1.96 bits per heavy atom. The summed E-state index contributed by atoms with van der Waals surface area (Å²) in [5.74, 6) is 4.73. The van der Waals surface area contributed by atoms with Crippen LogP contribution in [0.5, 0.6) is 5.75 Å². The van der Waals surface area contributed by atoms with Crippen molar-refractivity contribution in [3.63, 3.8) is 0 Å². The Kier molecular flexibility index (Phi) is 3.95. The van der Waals surface area contributed by atoms with E-state index in [4.69, 9.17) is 0 Å². The number of aromatic hydroxyl groups is 1. The van der Waals surface area contributed by atoms with Crippen LogP contribution in [0.4, 0.5) is 0 Å². The zero-order chi connectivity index (χ0) is 18.7. The predicted molar refractivity (Wildman–Crippen MR) is 109 cm³/mol. The Hall–Kier alpha value is -1.50. The number of rotatable bonds is 0. The van der Waals surface area contributed by atoms with Crippen LogP contribution in [-0.2, 0) is 6.42 Å². The second-order valence-electron chi connectivity index (χ2n) is 9.77. The standard InChI is InChI=1S/C23H30O2Si/c1-22-11-9-19-18-8-6-17(24)15-16(18)5-7-20(19)21(22)10-12-23(22,25)13-14-26(2,3)4/h6,8-9,15,20-21,24-25H,5,7,10-12H2,1-4H3/t20-,21+,22+,23-/m1/s1. The van der Waals surface area contributed by atoms with Crippen molar-refractivity contribution in [1.82, 2.24) is 0 Å². The minimum absolute atomic E-state index is 0.151. The number of phenolic OH excluding ortho intramolecular Hbond substituents is 1. The van der Waals surface area contributed by atoms with E-state index in [2.05, 4.69) is 50.2 Å². The van der Waals surface area contributed by atoms with Crippen molar-refractivity contribution in [2.75, 3.05) is 0 Å². The summed E-state index contributed by atoms with van der Waals surface area (Å²) in [5, 5.41) is 21.3. The fourth-order valence-corrected chi connectivity index (χ4v) is 6.05. The molecule has 138 valence electrons. The molecule has 0 heterocycles. The lowest BCUT2D eigenvalue weighted by atomic mass is 9.57. The molecule has 0 aromatic heterocycles. The number of hydrogen-bond acceptors (Lipinski definition) is 2. The average Bonchev–Trinajstić information content (AvgIpc) is 2.84. The molecule has 0 radical (unpaired) electrons. The summed E-state index contributed by atoms with van der Waals surface area (Å²) < 4.78 is 0. The molecule has 4 atom stereocenters. The highest BCUT2D eigenvalue weighted by atomic mass is 28.3. The predicted octanol–water partition coefficient (Wildman–Crippen LogP) is 4.77. The molecule has 2 nitrogen and oxygen atoms in total. The number of benzene rings is 1. The van der Waals surface area contributed by atoms with Gasteiger partial charge in [-0.15, -0.1) is 5.54 Å². The summed E-state index contributed by atoms with van der Waals surface area (Å²) >= 11 is 0. The number of phenols is 1. The fraction of sp³-hybridized carbons (Fsp3) is 0.565. The fourth-order valence-electron chi connectivity index (χ4n) is 5.47. The molecule has 3 heteroatoms. The van der Waals surface area contributed by atoms with Gasteiger partial charge in [-0.3, -0.25) is 0 Å². The first kappa shape index (κ1) is 17.9. The van der Waals surface area contributed by atoms with Crippen molar-refractivity contribution < 1.29 is 10.2 Å². The van der Waals surface area contributed by atoms with E-state index >= 15 is 0 Å². The third-order valence-corrected chi connectivity index (χ3v) is 7.86. The Labute approximate surface area is 158 Å². The topological polar surface area (TPSA) is 40.5 Å². The summed E-state index contributed by atoms with van der Waals surface area (Å²) in [6.07, 6.45) is 7.23. The maximum atomic E-state index is 11.5. The molecule has 0 bridgehead atoms. The van der Waals surface area contributed by atoms with E-state index in [9.17, 15) is 10.2 Å². The van der Waals surface area contributed by atoms with Gasteiger partial charge in [-0.1, -0.05) is 44.6 Å². The van der Waals surface area contributed by atoms with Gasteiger partial charge in [-0.2, -0.15) is 0 Å². The van der Waals surface area contributed by atoms with Crippen LogP contribution < -0.4 is 0 Å². The van der Waals surface area contributed by atoms with Crippen LogP contribution in [-0.4, -0.2) is 23.9 Å². The largest absolute Gasteiger partial charge is 0.508 e. The third-order valence-electron chi connectivity index (χ3n) is 6.98. The van der Waals surface area contributed by atoms with E-state index in [1.165, 1.54) is 16.7 Å². The van der Waals surface area contributed by atoms with Gasteiger partial charge in [0.05, 0.1) is 0 Å². The van der Waals surface area contributed by atoms with Crippen molar-refractivity contribution in [3.8, 4) is 17.2 Å². The van der Waals surface area contributed by atoms with Crippen molar-refractivity contribution in [3.05, 3.63) is 35.4 Å². The first-order valence-corrected chi connectivity index (χ1v) is 13.4. The molecule has 0 aliphatic heterocycles. The number of aryl methyl sites for hydroxylation is 1. The van der Waals surface area contributed by atoms with E-state index in [-0.39, 0.29) is 5.41 Å². The van der Waals surface area contributed by atoms with E-state index < -0.39 is 13.7 Å². The molecule has 1 saturated carbocycles.